The number of fused-ring (bicyclic) bond motifs is 1. The Hall–Kier alpha value is -2.89. The van der Waals surface area contributed by atoms with Crippen molar-refractivity contribution < 1.29 is 9.34 Å². The molecular formula is C13H9N3O3. The van der Waals surface area contributed by atoms with E-state index < -0.39 is 4.92 Å². The van der Waals surface area contributed by atoms with Crippen LogP contribution in [0.2, 0.25) is 0 Å². The molecule has 6 nitrogen and oxygen atoms in total. The van der Waals surface area contributed by atoms with E-state index in [0.717, 1.165) is 5.69 Å². The van der Waals surface area contributed by atoms with Gasteiger partial charge in [-0.05, 0) is 18.2 Å². The molecule has 0 aliphatic carbocycles. The van der Waals surface area contributed by atoms with Crippen molar-refractivity contribution in [1.82, 2.24) is 4.98 Å². The fraction of sp³-hybridized carbons (Fsp3) is 0. The molecule has 0 aliphatic heterocycles. The third kappa shape index (κ3) is 2.11. The van der Waals surface area contributed by atoms with Crippen LogP contribution in [0, 0.1) is 10.1 Å². The Labute approximate surface area is 107 Å². The summed E-state index contributed by atoms with van der Waals surface area (Å²) >= 11 is 0. The zero-order valence-electron chi connectivity index (χ0n) is 9.74. The number of furan rings is 1. The van der Waals surface area contributed by atoms with Crippen molar-refractivity contribution in [2.45, 2.75) is 0 Å². The molecule has 0 saturated heterocycles. The average Bonchev–Trinajstić information content (AvgIpc) is 2.88. The zero-order valence-corrected chi connectivity index (χ0v) is 9.74. The van der Waals surface area contributed by atoms with Crippen molar-refractivity contribution in [2.75, 3.05) is 5.32 Å². The van der Waals surface area contributed by atoms with Crippen LogP contribution in [0.3, 0.4) is 0 Å². The summed E-state index contributed by atoms with van der Waals surface area (Å²) in [6, 6.07) is 8.17. The minimum atomic E-state index is -0.426. The molecule has 2 aromatic heterocycles. The second-order valence-corrected chi connectivity index (χ2v) is 3.95. The van der Waals surface area contributed by atoms with Crippen LogP contribution in [0.1, 0.15) is 0 Å². The monoisotopic (exact) mass is 255 g/mol. The van der Waals surface area contributed by atoms with Crippen molar-refractivity contribution in [2.24, 2.45) is 0 Å². The smallest absolute Gasteiger partial charge is 0.272 e. The molecule has 2 heterocycles. The molecule has 0 saturated carbocycles. The van der Waals surface area contributed by atoms with E-state index in [2.05, 4.69) is 10.3 Å². The number of nitro benzene ring substituents is 1. The van der Waals surface area contributed by atoms with E-state index in [-0.39, 0.29) is 5.69 Å². The summed E-state index contributed by atoms with van der Waals surface area (Å²) in [4.78, 5) is 14.4. The van der Waals surface area contributed by atoms with E-state index in [0.29, 0.717) is 16.7 Å². The highest BCUT2D eigenvalue weighted by Crippen LogP contribution is 2.31. The first-order chi connectivity index (χ1) is 9.24. The number of nitro groups is 1. The average molecular weight is 255 g/mol. The van der Waals surface area contributed by atoms with Gasteiger partial charge in [0, 0.05) is 35.6 Å². The molecule has 0 bridgehead atoms. The maximum Gasteiger partial charge on any atom is 0.272 e. The lowest BCUT2D eigenvalue weighted by Gasteiger charge is -2.06. The van der Waals surface area contributed by atoms with Gasteiger partial charge in [0.25, 0.3) is 5.69 Å². The maximum atomic E-state index is 10.9. The Morgan fingerprint density at radius 3 is 2.74 bits per heavy atom. The predicted molar refractivity (Wildman–Crippen MR) is 70.4 cm³/mol. The van der Waals surface area contributed by atoms with Crippen LogP contribution < -0.4 is 5.32 Å². The summed E-state index contributed by atoms with van der Waals surface area (Å²) in [5, 5.41) is 14.7. The van der Waals surface area contributed by atoms with E-state index in [1.165, 1.54) is 18.4 Å². The van der Waals surface area contributed by atoms with E-state index in [4.69, 9.17) is 4.42 Å². The largest absolute Gasteiger partial charge is 0.462 e. The molecule has 0 unspecified atom stereocenters. The lowest BCUT2D eigenvalue weighted by atomic mass is 10.2. The third-order valence-corrected chi connectivity index (χ3v) is 2.71. The second-order valence-electron chi connectivity index (χ2n) is 3.95. The summed E-state index contributed by atoms with van der Waals surface area (Å²) in [6.07, 6.45) is 4.78. The lowest BCUT2D eigenvalue weighted by Crippen LogP contribution is -1.94. The molecule has 0 fully saturated rings. The number of hydrogen-bond acceptors (Lipinski definition) is 5. The van der Waals surface area contributed by atoms with Gasteiger partial charge in [-0.25, -0.2) is 0 Å². The van der Waals surface area contributed by atoms with Crippen LogP contribution in [-0.2, 0) is 0 Å². The normalized spacial score (nSPS) is 10.5. The van der Waals surface area contributed by atoms with E-state index in [9.17, 15) is 10.1 Å². The second kappa shape index (κ2) is 4.41. The van der Waals surface area contributed by atoms with E-state index in [1.54, 1.807) is 30.6 Å². The Morgan fingerprint density at radius 1 is 1.21 bits per heavy atom. The standard InChI is InChI=1S/C13H9N3O3/c17-16(18)11-7-9-3-6-19-13(9)12(8-11)15-10-1-4-14-5-2-10/h1-8H,(H,14,15). The van der Waals surface area contributed by atoms with Crippen LogP contribution in [-0.4, -0.2) is 9.91 Å². The fourth-order valence-electron chi connectivity index (χ4n) is 1.86. The third-order valence-electron chi connectivity index (χ3n) is 2.71. The van der Waals surface area contributed by atoms with Crippen LogP contribution in [0.4, 0.5) is 17.1 Å². The van der Waals surface area contributed by atoms with Crippen molar-refractivity contribution in [3.05, 3.63) is 59.1 Å². The molecule has 0 amide bonds. The zero-order chi connectivity index (χ0) is 13.2. The number of pyridine rings is 1. The highest BCUT2D eigenvalue weighted by molar-refractivity contribution is 5.93. The van der Waals surface area contributed by atoms with Gasteiger partial charge in [0.05, 0.1) is 16.9 Å². The van der Waals surface area contributed by atoms with Crippen LogP contribution in [0.5, 0.6) is 0 Å². The topological polar surface area (TPSA) is 81.2 Å². The Kier molecular flexibility index (Phi) is 2.60. The van der Waals surface area contributed by atoms with Gasteiger partial charge in [0.1, 0.15) is 0 Å². The summed E-state index contributed by atoms with van der Waals surface area (Å²) in [7, 11) is 0. The van der Waals surface area contributed by atoms with Crippen LogP contribution >= 0.6 is 0 Å². The van der Waals surface area contributed by atoms with Crippen molar-refractivity contribution in [3.8, 4) is 0 Å². The SMILES string of the molecule is O=[N+]([O-])c1cc(Nc2ccncc2)c2occc2c1. The van der Waals surface area contributed by atoms with E-state index in [1.807, 2.05) is 0 Å². The first-order valence-electron chi connectivity index (χ1n) is 5.57. The molecule has 0 atom stereocenters. The van der Waals surface area contributed by atoms with Crippen molar-refractivity contribution in [3.63, 3.8) is 0 Å². The molecule has 0 aliphatic rings. The Bertz CT molecular complexity index is 737. The molecule has 3 rings (SSSR count). The molecule has 94 valence electrons. The van der Waals surface area contributed by atoms with Crippen molar-refractivity contribution >= 4 is 28.0 Å². The number of hydrogen-bond donors (Lipinski definition) is 1. The summed E-state index contributed by atoms with van der Waals surface area (Å²) in [5.41, 5.74) is 1.95. The minimum absolute atomic E-state index is 0.0189. The van der Waals surface area contributed by atoms with Gasteiger partial charge in [-0.1, -0.05) is 0 Å². The van der Waals surface area contributed by atoms with Crippen LogP contribution in [0.25, 0.3) is 11.0 Å². The number of nitrogens with one attached hydrogen (secondary N) is 1. The number of benzene rings is 1. The quantitative estimate of drug-likeness (QED) is 0.572. The molecule has 6 heteroatoms. The maximum absolute atomic E-state index is 10.9. The molecule has 3 aromatic rings. The highest BCUT2D eigenvalue weighted by Gasteiger charge is 2.13. The number of rotatable bonds is 3. The van der Waals surface area contributed by atoms with Gasteiger partial charge in [0.15, 0.2) is 5.58 Å². The first kappa shape index (κ1) is 11.2. The Morgan fingerprint density at radius 2 is 2.00 bits per heavy atom. The molecule has 1 aromatic carbocycles. The summed E-state index contributed by atoms with van der Waals surface area (Å²) in [5.74, 6) is 0. The Balaban J connectivity index is 2.11. The summed E-state index contributed by atoms with van der Waals surface area (Å²) < 4.78 is 5.36. The predicted octanol–water partition coefficient (Wildman–Crippen LogP) is 3.48. The first-order valence-corrected chi connectivity index (χ1v) is 5.57. The van der Waals surface area contributed by atoms with Gasteiger partial charge >= 0.3 is 0 Å². The molecule has 0 radical (unpaired) electrons. The molecule has 1 N–H and O–H groups in total. The number of aromatic nitrogens is 1. The molecule has 19 heavy (non-hydrogen) atoms. The van der Waals surface area contributed by atoms with Gasteiger partial charge in [-0.3, -0.25) is 15.1 Å². The lowest BCUT2D eigenvalue weighted by molar-refractivity contribution is -0.384. The number of anilines is 2. The summed E-state index contributed by atoms with van der Waals surface area (Å²) in [6.45, 7) is 0. The van der Waals surface area contributed by atoms with Gasteiger partial charge in [-0.2, -0.15) is 0 Å². The fourth-order valence-corrected chi connectivity index (χ4v) is 1.86. The molecule has 0 spiro atoms. The van der Waals surface area contributed by atoms with E-state index >= 15 is 0 Å². The van der Waals surface area contributed by atoms with Crippen molar-refractivity contribution in [1.29, 1.82) is 0 Å². The van der Waals surface area contributed by atoms with Gasteiger partial charge in [-0.15, -0.1) is 0 Å². The number of nitrogens with zero attached hydrogens (tertiary/aromatic N) is 2. The highest BCUT2D eigenvalue weighted by atomic mass is 16.6. The van der Waals surface area contributed by atoms with Crippen LogP contribution in [0.15, 0.2) is 53.4 Å². The number of non-ortho nitro benzene ring substituents is 1. The van der Waals surface area contributed by atoms with Gasteiger partial charge < -0.3 is 9.73 Å². The molecular weight excluding hydrogens is 246 g/mol. The van der Waals surface area contributed by atoms with Gasteiger partial charge in [0.2, 0.25) is 0 Å². The minimum Gasteiger partial charge on any atom is -0.462 e.